The van der Waals surface area contributed by atoms with Gasteiger partial charge in [0.1, 0.15) is 0 Å². The lowest BCUT2D eigenvalue weighted by Crippen LogP contribution is -2.13. The summed E-state index contributed by atoms with van der Waals surface area (Å²) in [5.74, 6) is 0. The van der Waals surface area contributed by atoms with E-state index in [1.165, 1.54) is 5.56 Å². The van der Waals surface area contributed by atoms with E-state index < -0.39 is 0 Å². The molecule has 1 heterocycles. The quantitative estimate of drug-likeness (QED) is 0.798. The number of rotatable bonds is 5. The number of benzene rings is 1. The molecule has 17 heavy (non-hydrogen) atoms. The summed E-state index contributed by atoms with van der Waals surface area (Å²) in [6.07, 6.45) is 6.35. The zero-order chi connectivity index (χ0) is 11.9. The molecule has 3 heteroatoms. The molecule has 0 amide bonds. The molecule has 0 fully saturated rings. The number of nitrogens with zero attached hydrogens (tertiary/aromatic N) is 2. The smallest absolute Gasteiger partial charge is 0.0885 e. The molecule has 2 rings (SSSR count). The van der Waals surface area contributed by atoms with E-state index in [-0.39, 0.29) is 0 Å². The lowest BCUT2D eigenvalue weighted by molar-refractivity contribution is 0.675. The maximum absolute atomic E-state index is 4.28. The van der Waals surface area contributed by atoms with Crippen LogP contribution in [0.15, 0.2) is 42.9 Å². The van der Waals surface area contributed by atoms with Crippen LogP contribution >= 0.6 is 0 Å². The highest BCUT2D eigenvalue weighted by molar-refractivity contribution is 5.57. The Morgan fingerprint density at radius 1 is 1.12 bits per heavy atom. The molecule has 0 radical (unpaired) electrons. The Bertz CT molecular complexity index is 437. The zero-order valence-corrected chi connectivity index (χ0v) is 10.1. The van der Waals surface area contributed by atoms with E-state index in [2.05, 4.69) is 46.5 Å². The Balaban J connectivity index is 2.03. The van der Waals surface area contributed by atoms with Gasteiger partial charge in [-0.1, -0.05) is 31.2 Å². The first-order chi connectivity index (χ1) is 8.40. The Labute approximate surface area is 102 Å². The van der Waals surface area contributed by atoms with Crippen LogP contribution in [0, 0.1) is 0 Å². The van der Waals surface area contributed by atoms with Crippen molar-refractivity contribution < 1.29 is 0 Å². The predicted molar refractivity (Wildman–Crippen MR) is 69.5 cm³/mol. The van der Waals surface area contributed by atoms with Gasteiger partial charge >= 0.3 is 0 Å². The van der Waals surface area contributed by atoms with Gasteiger partial charge in [0.15, 0.2) is 0 Å². The van der Waals surface area contributed by atoms with Crippen molar-refractivity contribution in [3.05, 3.63) is 48.4 Å². The van der Waals surface area contributed by atoms with E-state index in [4.69, 9.17) is 0 Å². The zero-order valence-electron chi connectivity index (χ0n) is 10.1. The summed E-state index contributed by atoms with van der Waals surface area (Å²) in [5.41, 5.74) is 3.32. The summed E-state index contributed by atoms with van der Waals surface area (Å²) in [5, 5.41) is 3.38. The van der Waals surface area contributed by atoms with Crippen LogP contribution in [0.5, 0.6) is 0 Å². The predicted octanol–water partition coefficient (Wildman–Crippen LogP) is 2.64. The monoisotopic (exact) mass is 227 g/mol. The number of hydrogen-bond donors (Lipinski definition) is 1. The van der Waals surface area contributed by atoms with Gasteiger partial charge in [-0.3, -0.25) is 9.97 Å². The van der Waals surface area contributed by atoms with E-state index in [1.807, 2.05) is 0 Å². The highest BCUT2D eigenvalue weighted by Crippen LogP contribution is 2.15. The van der Waals surface area contributed by atoms with Gasteiger partial charge in [-0.15, -0.1) is 0 Å². The van der Waals surface area contributed by atoms with Crippen LogP contribution in [-0.2, 0) is 6.54 Å². The molecule has 0 saturated carbocycles. The fourth-order valence-corrected chi connectivity index (χ4v) is 1.65. The van der Waals surface area contributed by atoms with Crippen molar-refractivity contribution in [1.29, 1.82) is 0 Å². The van der Waals surface area contributed by atoms with Crippen molar-refractivity contribution in [3.8, 4) is 11.3 Å². The van der Waals surface area contributed by atoms with Crippen molar-refractivity contribution in [1.82, 2.24) is 15.3 Å². The third kappa shape index (κ3) is 3.36. The Morgan fingerprint density at radius 3 is 2.59 bits per heavy atom. The van der Waals surface area contributed by atoms with Crippen LogP contribution in [-0.4, -0.2) is 16.5 Å². The topological polar surface area (TPSA) is 37.8 Å². The second kappa shape index (κ2) is 6.11. The van der Waals surface area contributed by atoms with Crippen LogP contribution in [0.1, 0.15) is 18.9 Å². The number of hydrogen-bond acceptors (Lipinski definition) is 3. The molecule has 1 aromatic heterocycles. The van der Waals surface area contributed by atoms with E-state index in [0.29, 0.717) is 0 Å². The lowest BCUT2D eigenvalue weighted by Gasteiger charge is -2.04. The Kier molecular flexibility index (Phi) is 4.22. The lowest BCUT2D eigenvalue weighted by atomic mass is 10.1. The second-order valence-electron chi connectivity index (χ2n) is 3.96. The molecule has 88 valence electrons. The fraction of sp³-hybridized carbons (Fsp3) is 0.286. The Hall–Kier alpha value is -1.74. The molecule has 0 aliphatic carbocycles. The normalized spacial score (nSPS) is 10.4. The van der Waals surface area contributed by atoms with Gasteiger partial charge in [-0.25, -0.2) is 0 Å². The van der Waals surface area contributed by atoms with Gasteiger partial charge in [0, 0.05) is 24.5 Å². The highest BCUT2D eigenvalue weighted by Gasteiger charge is 1.98. The van der Waals surface area contributed by atoms with Gasteiger partial charge < -0.3 is 5.32 Å². The third-order valence-electron chi connectivity index (χ3n) is 2.57. The molecule has 2 aromatic rings. The van der Waals surface area contributed by atoms with Crippen molar-refractivity contribution in [2.75, 3.05) is 6.54 Å². The first-order valence-corrected chi connectivity index (χ1v) is 5.96. The summed E-state index contributed by atoms with van der Waals surface area (Å²) in [6, 6.07) is 8.44. The maximum Gasteiger partial charge on any atom is 0.0885 e. The molecule has 0 aliphatic rings. The SMILES string of the molecule is CCCNCc1ccc(-c2cnccn2)cc1. The summed E-state index contributed by atoms with van der Waals surface area (Å²) in [4.78, 5) is 8.35. The molecule has 1 N–H and O–H groups in total. The van der Waals surface area contributed by atoms with E-state index in [9.17, 15) is 0 Å². The molecule has 3 nitrogen and oxygen atoms in total. The van der Waals surface area contributed by atoms with Gasteiger partial charge in [-0.2, -0.15) is 0 Å². The molecular weight excluding hydrogens is 210 g/mol. The fourth-order valence-electron chi connectivity index (χ4n) is 1.65. The first-order valence-electron chi connectivity index (χ1n) is 5.96. The molecule has 0 atom stereocenters. The van der Waals surface area contributed by atoms with Crippen LogP contribution in [0.4, 0.5) is 0 Å². The largest absolute Gasteiger partial charge is 0.313 e. The average molecular weight is 227 g/mol. The van der Waals surface area contributed by atoms with Crippen LogP contribution < -0.4 is 5.32 Å². The molecular formula is C14H17N3. The summed E-state index contributed by atoms with van der Waals surface area (Å²) in [6.45, 7) is 4.16. The summed E-state index contributed by atoms with van der Waals surface area (Å²) >= 11 is 0. The molecule has 0 bridgehead atoms. The second-order valence-corrected chi connectivity index (χ2v) is 3.96. The summed E-state index contributed by atoms with van der Waals surface area (Å²) in [7, 11) is 0. The molecule has 1 aromatic carbocycles. The first kappa shape index (κ1) is 11.7. The highest BCUT2D eigenvalue weighted by atomic mass is 14.8. The van der Waals surface area contributed by atoms with Crippen LogP contribution in [0.25, 0.3) is 11.3 Å². The van der Waals surface area contributed by atoms with Gasteiger partial charge in [-0.05, 0) is 18.5 Å². The van der Waals surface area contributed by atoms with Crippen molar-refractivity contribution in [2.24, 2.45) is 0 Å². The molecule has 0 unspecified atom stereocenters. The van der Waals surface area contributed by atoms with E-state index >= 15 is 0 Å². The minimum Gasteiger partial charge on any atom is -0.313 e. The average Bonchev–Trinajstić information content (AvgIpc) is 2.41. The van der Waals surface area contributed by atoms with Crippen LogP contribution in [0.3, 0.4) is 0 Å². The van der Waals surface area contributed by atoms with Gasteiger partial charge in [0.25, 0.3) is 0 Å². The van der Waals surface area contributed by atoms with Crippen molar-refractivity contribution >= 4 is 0 Å². The van der Waals surface area contributed by atoms with Gasteiger partial charge in [0.2, 0.25) is 0 Å². The Morgan fingerprint density at radius 2 is 1.94 bits per heavy atom. The minimum absolute atomic E-state index is 0.917. The van der Waals surface area contributed by atoms with Crippen molar-refractivity contribution in [2.45, 2.75) is 19.9 Å². The van der Waals surface area contributed by atoms with Gasteiger partial charge in [0.05, 0.1) is 11.9 Å². The molecule has 0 spiro atoms. The standard InChI is InChI=1S/C14H17N3/c1-2-7-15-10-12-3-5-13(6-4-12)14-11-16-8-9-17-14/h3-6,8-9,11,15H,2,7,10H2,1H3. The number of nitrogens with one attached hydrogen (secondary N) is 1. The number of aromatic nitrogens is 2. The third-order valence-corrected chi connectivity index (χ3v) is 2.57. The summed E-state index contributed by atoms with van der Waals surface area (Å²) < 4.78 is 0. The van der Waals surface area contributed by atoms with E-state index in [1.54, 1.807) is 18.6 Å². The van der Waals surface area contributed by atoms with Crippen LogP contribution in [0.2, 0.25) is 0 Å². The van der Waals surface area contributed by atoms with Crippen molar-refractivity contribution in [3.63, 3.8) is 0 Å². The maximum atomic E-state index is 4.28. The van der Waals surface area contributed by atoms with E-state index in [0.717, 1.165) is 30.8 Å². The molecule has 0 aliphatic heterocycles. The minimum atomic E-state index is 0.917. The molecule has 0 saturated heterocycles.